The Morgan fingerprint density at radius 2 is 0.694 bits per heavy atom. The van der Waals surface area contributed by atoms with E-state index in [1.54, 1.807) is 0 Å². The van der Waals surface area contributed by atoms with E-state index in [0.29, 0.717) is 12.8 Å². The van der Waals surface area contributed by atoms with Crippen molar-refractivity contribution in [2.75, 3.05) is 0 Å². The third-order valence-electron chi connectivity index (χ3n) is 7.50. The monoisotopic (exact) mass is 502 g/mol. The lowest BCUT2D eigenvalue weighted by atomic mass is 9.79. The first kappa shape index (κ1) is 32.2. The second-order valence-corrected chi connectivity index (χ2v) is 10.5. The van der Waals surface area contributed by atoms with E-state index < -0.39 is 11.9 Å². The second-order valence-electron chi connectivity index (χ2n) is 10.5. The van der Waals surface area contributed by atoms with Crippen LogP contribution in [0.3, 0.4) is 0 Å². The summed E-state index contributed by atoms with van der Waals surface area (Å²) in [6.45, 7) is 8.71. The van der Waals surface area contributed by atoms with Crippen molar-refractivity contribution in [2.45, 2.75) is 156 Å². The molecule has 0 aliphatic carbocycles. The Morgan fingerprint density at radius 1 is 0.417 bits per heavy atom. The minimum absolute atomic E-state index is 0.0785. The van der Waals surface area contributed by atoms with Crippen LogP contribution in [0.15, 0.2) is 0 Å². The molecule has 0 saturated heterocycles. The Hall–Kier alpha value is -1.84. The Bertz CT molecular complexity index is 781. The molecule has 0 aromatic heterocycles. The highest BCUT2D eigenvalue weighted by Gasteiger charge is 2.29. The van der Waals surface area contributed by atoms with Gasteiger partial charge in [-0.15, -0.1) is 0 Å². The molecule has 2 N–H and O–H groups in total. The van der Waals surface area contributed by atoms with Crippen molar-refractivity contribution in [2.24, 2.45) is 0 Å². The number of carbonyl (C=O) groups is 2. The van der Waals surface area contributed by atoms with Gasteiger partial charge in [0.25, 0.3) is 0 Å². The Labute approximate surface area is 221 Å². The molecule has 0 aliphatic heterocycles. The molecule has 0 amide bonds. The lowest BCUT2D eigenvalue weighted by Gasteiger charge is -2.24. The minimum atomic E-state index is -1.08. The molecule has 4 heteroatoms. The predicted molar refractivity (Wildman–Crippen MR) is 152 cm³/mol. The van der Waals surface area contributed by atoms with Gasteiger partial charge in [0.05, 0.1) is 11.1 Å². The van der Waals surface area contributed by atoms with Gasteiger partial charge in [0, 0.05) is 0 Å². The molecule has 0 fully saturated rings. The fourth-order valence-electron chi connectivity index (χ4n) is 5.47. The molecule has 0 atom stereocenters. The summed E-state index contributed by atoms with van der Waals surface area (Å²) in [6.07, 6.45) is 20.9. The molecule has 4 nitrogen and oxygen atoms in total. The number of aromatic carboxylic acids is 2. The van der Waals surface area contributed by atoms with Crippen LogP contribution in [0.4, 0.5) is 0 Å². The highest BCUT2D eigenvalue weighted by atomic mass is 16.4. The van der Waals surface area contributed by atoms with Crippen LogP contribution in [0.25, 0.3) is 0 Å². The fourth-order valence-corrected chi connectivity index (χ4v) is 5.47. The SMILES string of the molecule is CCCCCCCCc1c(CCCC)c(CCCC)c(C(=O)O)c(C(=O)O)c1CCCCCCCC. The Morgan fingerprint density at radius 3 is 1.06 bits per heavy atom. The van der Waals surface area contributed by atoms with Crippen LogP contribution in [0.1, 0.15) is 173 Å². The van der Waals surface area contributed by atoms with Crippen LogP contribution in [-0.4, -0.2) is 22.2 Å². The molecule has 0 heterocycles. The summed E-state index contributed by atoms with van der Waals surface area (Å²) in [5.41, 5.74) is 4.15. The number of carboxylic acids is 2. The molecule has 0 spiro atoms. The maximum Gasteiger partial charge on any atom is 0.336 e. The largest absolute Gasteiger partial charge is 0.478 e. The second kappa shape index (κ2) is 19.3. The molecule has 0 unspecified atom stereocenters. The molecule has 36 heavy (non-hydrogen) atoms. The van der Waals surface area contributed by atoms with E-state index in [9.17, 15) is 19.8 Å². The number of hydrogen-bond acceptors (Lipinski definition) is 2. The van der Waals surface area contributed by atoms with Gasteiger partial charge in [-0.3, -0.25) is 0 Å². The molecule has 0 radical (unpaired) electrons. The normalized spacial score (nSPS) is 11.2. The van der Waals surface area contributed by atoms with Crippen LogP contribution >= 0.6 is 0 Å². The van der Waals surface area contributed by atoms with Crippen molar-refractivity contribution in [3.63, 3.8) is 0 Å². The van der Waals surface area contributed by atoms with E-state index in [-0.39, 0.29) is 11.1 Å². The van der Waals surface area contributed by atoms with Crippen LogP contribution in [0.2, 0.25) is 0 Å². The molecule has 206 valence electrons. The number of rotatable bonds is 22. The topological polar surface area (TPSA) is 74.6 Å². The summed E-state index contributed by atoms with van der Waals surface area (Å²) in [5.74, 6) is -2.15. The van der Waals surface area contributed by atoms with E-state index in [1.165, 1.54) is 56.1 Å². The van der Waals surface area contributed by atoms with E-state index >= 15 is 0 Å². The molecule has 0 saturated carbocycles. The summed E-state index contributed by atoms with van der Waals surface area (Å²) in [7, 11) is 0. The van der Waals surface area contributed by atoms with E-state index in [4.69, 9.17) is 0 Å². The van der Waals surface area contributed by atoms with E-state index in [0.717, 1.165) is 81.8 Å². The average molecular weight is 503 g/mol. The van der Waals surface area contributed by atoms with Crippen molar-refractivity contribution >= 4 is 11.9 Å². The van der Waals surface area contributed by atoms with E-state index in [2.05, 4.69) is 27.7 Å². The van der Waals surface area contributed by atoms with Gasteiger partial charge >= 0.3 is 11.9 Å². The van der Waals surface area contributed by atoms with Crippen molar-refractivity contribution in [1.82, 2.24) is 0 Å². The third-order valence-corrected chi connectivity index (χ3v) is 7.50. The van der Waals surface area contributed by atoms with Crippen LogP contribution in [0, 0.1) is 0 Å². The molecule has 1 rings (SSSR count). The average Bonchev–Trinajstić information content (AvgIpc) is 2.85. The van der Waals surface area contributed by atoms with Crippen LogP contribution in [-0.2, 0) is 25.7 Å². The lowest BCUT2D eigenvalue weighted by Crippen LogP contribution is -2.20. The highest BCUT2D eigenvalue weighted by Crippen LogP contribution is 2.34. The van der Waals surface area contributed by atoms with Gasteiger partial charge in [-0.05, 0) is 73.6 Å². The smallest absolute Gasteiger partial charge is 0.336 e. The summed E-state index contributed by atoms with van der Waals surface area (Å²) >= 11 is 0. The summed E-state index contributed by atoms with van der Waals surface area (Å²) in [4.78, 5) is 25.2. The predicted octanol–water partition coefficient (Wildman–Crippen LogP) is 9.57. The zero-order chi connectivity index (χ0) is 26.8. The van der Waals surface area contributed by atoms with Crippen molar-refractivity contribution in [3.8, 4) is 0 Å². The molecule has 1 aromatic carbocycles. The van der Waals surface area contributed by atoms with Gasteiger partial charge in [-0.1, -0.05) is 105 Å². The number of hydrogen-bond donors (Lipinski definition) is 2. The Balaban J connectivity index is 3.53. The van der Waals surface area contributed by atoms with Gasteiger partial charge in [-0.25, -0.2) is 9.59 Å². The zero-order valence-electron chi connectivity index (χ0n) is 23.9. The molecular weight excluding hydrogens is 448 g/mol. The van der Waals surface area contributed by atoms with Crippen molar-refractivity contribution in [1.29, 1.82) is 0 Å². The number of benzene rings is 1. The minimum Gasteiger partial charge on any atom is -0.478 e. The van der Waals surface area contributed by atoms with E-state index in [1.807, 2.05) is 0 Å². The highest BCUT2D eigenvalue weighted by molar-refractivity contribution is 6.04. The summed E-state index contributed by atoms with van der Waals surface area (Å²) < 4.78 is 0. The zero-order valence-corrected chi connectivity index (χ0v) is 23.9. The van der Waals surface area contributed by atoms with Crippen molar-refractivity contribution in [3.05, 3.63) is 33.4 Å². The third kappa shape index (κ3) is 10.6. The molecule has 0 aliphatic rings. The fraction of sp³-hybridized carbons (Fsp3) is 0.750. The van der Waals surface area contributed by atoms with Gasteiger partial charge in [-0.2, -0.15) is 0 Å². The first-order valence-electron chi connectivity index (χ1n) is 15.1. The van der Waals surface area contributed by atoms with Crippen LogP contribution < -0.4 is 0 Å². The van der Waals surface area contributed by atoms with Gasteiger partial charge in [0.2, 0.25) is 0 Å². The number of carboxylic acid groups (broad SMARTS) is 2. The summed E-state index contributed by atoms with van der Waals surface area (Å²) in [5, 5.41) is 20.6. The van der Waals surface area contributed by atoms with Gasteiger partial charge < -0.3 is 10.2 Å². The Kier molecular flexibility index (Phi) is 17.3. The van der Waals surface area contributed by atoms with Crippen LogP contribution in [0.5, 0.6) is 0 Å². The quantitative estimate of drug-likeness (QED) is 0.155. The number of unbranched alkanes of at least 4 members (excludes halogenated alkanes) is 12. The van der Waals surface area contributed by atoms with Gasteiger partial charge in [0.15, 0.2) is 0 Å². The molecule has 0 bridgehead atoms. The summed E-state index contributed by atoms with van der Waals surface area (Å²) in [6, 6.07) is 0. The standard InChI is InChI=1S/C32H54O4/c1-5-9-13-15-17-19-23-26-25(21-11-7-3)27(22-12-8-4)29(31(33)34)30(32(35)36)28(26)24-20-18-16-14-10-6-2/h5-24H2,1-4H3,(H,33,34)(H,35,36). The first-order chi connectivity index (χ1) is 17.4. The first-order valence-corrected chi connectivity index (χ1v) is 15.1. The van der Waals surface area contributed by atoms with Gasteiger partial charge in [0.1, 0.15) is 0 Å². The lowest BCUT2D eigenvalue weighted by molar-refractivity contribution is 0.0649. The van der Waals surface area contributed by atoms with Crippen molar-refractivity contribution < 1.29 is 19.8 Å². The molecule has 1 aromatic rings. The molecular formula is C32H54O4. The maximum atomic E-state index is 12.6. The maximum absolute atomic E-state index is 12.6.